The molecule has 0 heterocycles. The Bertz CT molecular complexity index is 2340. The van der Waals surface area contributed by atoms with Crippen molar-refractivity contribution in [1.82, 2.24) is 0 Å². The fourth-order valence-corrected chi connectivity index (χ4v) is 5.41. The molecule has 250 valence electrons. The number of nitrogen functional groups attached to an aromatic ring is 1. The van der Waals surface area contributed by atoms with Crippen LogP contribution in [0.2, 0.25) is 0 Å². The van der Waals surface area contributed by atoms with Crippen molar-refractivity contribution < 1.29 is 53.9 Å². The largest absolute Gasteiger partial charge is 0.504 e. The summed E-state index contributed by atoms with van der Waals surface area (Å²) in [5.74, 6) is -3.29. The first kappa shape index (κ1) is 35.2. The molecule has 0 unspecified atom stereocenters. The number of anilines is 2. The molecule has 0 saturated carbocycles. The average molecular weight is 720 g/mol. The van der Waals surface area contributed by atoms with Crippen molar-refractivity contribution in [2.75, 3.05) is 11.2 Å². The van der Waals surface area contributed by atoms with Crippen molar-refractivity contribution in [3.05, 3.63) is 90.0 Å². The van der Waals surface area contributed by atoms with Gasteiger partial charge in [0.25, 0.3) is 30.4 Å². The van der Waals surface area contributed by atoms with Gasteiger partial charge in [-0.2, -0.15) is 40.6 Å². The van der Waals surface area contributed by atoms with Crippen LogP contribution in [0.15, 0.2) is 119 Å². The summed E-state index contributed by atoms with van der Waals surface area (Å²) in [7, 11) is -15.2. The normalized spacial score (nSPS) is 12.9. The number of aromatic carboxylic acids is 1. The molecule has 0 bridgehead atoms. The number of nitrogens with zero attached hydrogens (tertiary/aromatic N) is 5. The Morgan fingerprint density at radius 2 is 1.35 bits per heavy atom. The van der Waals surface area contributed by atoms with Crippen LogP contribution in [0.5, 0.6) is 5.75 Å². The lowest BCUT2D eigenvalue weighted by Crippen LogP contribution is -2.07. The van der Waals surface area contributed by atoms with Crippen LogP contribution >= 0.6 is 0 Å². The number of nitrogens with two attached hydrogens (primary N) is 1. The number of phenolic OH excluding ortho intramolecular Hbond substituents is 1. The monoisotopic (exact) mass is 719 g/mol. The van der Waals surface area contributed by atoms with E-state index < -0.39 is 79.5 Å². The summed E-state index contributed by atoms with van der Waals surface area (Å²) in [4.78, 5) is 8.64. The summed E-state index contributed by atoms with van der Waals surface area (Å²) in [6.07, 6.45) is 0. The fraction of sp³-hybridized carbons (Fsp3) is 0. The Hall–Kier alpha value is -5.65. The number of carboxylic acids is 1. The minimum atomic E-state index is -5.25. The smallest absolute Gasteiger partial charge is 0.337 e. The number of phenols is 1. The second kappa shape index (κ2) is 13.6. The molecule has 4 aromatic rings. The van der Waals surface area contributed by atoms with Crippen molar-refractivity contribution in [1.29, 1.82) is 0 Å². The van der Waals surface area contributed by atoms with E-state index in [0.29, 0.717) is 23.5 Å². The van der Waals surface area contributed by atoms with Crippen molar-refractivity contribution in [2.45, 2.75) is 14.7 Å². The van der Waals surface area contributed by atoms with Crippen LogP contribution in [0.25, 0.3) is 0 Å². The number of carbonyl (C=O) groups is 1. The minimum absolute atomic E-state index is 0.0308. The minimum Gasteiger partial charge on any atom is -0.504 e. The maximum absolute atomic E-state index is 11.8. The highest BCUT2D eigenvalue weighted by atomic mass is 32.2. The summed E-state index contributed by atoms with van der Waals surface area (Å²) in [5, 5.41) is 39.7. The van der Waals surface area contributed by atoms with Crippen LogP contribution in [0.1, 0.15) is 15.9 Å². The maximum Gasteiger partial charge on any atom is 0.337 e. The Kier molecular flexibility index (Phi) is 9.98. The van der Waals surface area contributed by atoms with Gasteiger partial charge in [-0.25, -0.2) is 4.79 Å². The van der Waals surface area contributed by atoms with Crippen LogP contribution in [-0.4, -0.2) is 60.9 Å². The highest BCUT2D eigenvalue weighted by molar-refractivity contribution is 7.86. The quantitative estimate of drug-likeness (QED) is 0.0227. The number of nitrogens with one attached hydrogen (secondary N) is 1. The van der Waals surface area contributed by atoms with E-state index in [-0.39, 0.29) is 17.3 Å². The van der Waals surface area contributed by atoms with Gasteiger partial charge in [0.15, 0.2) is 5.75 Å². The van der Waals surface area contributed by atoms with E-state index in [0.717, 1.165) is 12.1 Å². The van der Waals surface area contributed by atoms with E-state index in [1.165, 1.54) is 24.3 Å². The maximum atomic E-state index is 11.8. The molecule has 4 rings (SSSR count). The third-order valence-electron chi connectivity index (χ3n) is 5.93. The van der Waals surface area contributed by atoms with Gasteiger partial charge in [0.2, 0.25) is 5.84 Å². The molecule has 0 aromatic heterocycles. The number of rotatable bonds is 10. The number of amidine groups is 1. The van der Waals surface area contributed by atoms with Crippen molar-refractivity contribution in [3.63, 3.8) is 0 Å². The summed E-state index contributed by atoms with van der Waals surface area (Å²) in [6.45, 7) is 0. The summed E-state index contributed by atoms with van der Waals surface area (Å²) in [6, 6.07) is 15.2. The van der Waals surface area contributed by atoms with Gasteiger partial charge in [-0.3, -0.25) is 19.1 Å². The lowest BCUT2D eigenvalue weighted by Gasteiger charge is -2.10. The zero-order valence-electron chi connectivity index (χ0n) is 23.6. The molecular weight excluding hydrogens is 699 g/mol. The average Bonchev–Trinajstić information content (AvgIpc) is 2.99. The molecule has 0 aliphatic carbocycles. The molecule has 0 aliphatic heterocycles. The van der Waals surface area contributed by atoms with Gasteiger partial charge < -0.3 is 15.9 Å². The fourth-order valence-electron chi connectivity index (χ4n) is 3.67. The molecule has 4 aromatic carbocycles. The zero-order chi connectivity index (χ0) is 35.4. The molecule has 0 aliphatic rings. The number of hydrogen-bond donors (Lipinski definition) is 7. The van der Waals surface area contributed by atoms with E-state index in [2.05, 4.69) is 31.0 Å². The molecule has 0 amide bonds. The third-order valence-corrected chi connectivity index (χ3v) is 8.48. The summed E-state index contributed by atoms with van der Waals surface area (Å²) >= 11 is 0. The Balaban J connectivity index is 1.88. The summed E-state index contributed by atoms with van der Waals surface area (Å²) in [5.41, 5.74) is 7.03. The first-order valence-corrected chi connectivity index (χ1v) is 16.9. The predicted molar refractivity (Wildman–Crippen MR) is 167 cm³/mol. The molecule has 22 heteroatoms. The molecule has 0 saturated heterocycles. The van der Waals surface area contributed by atoms with Gasteiger partial charge in [-0.05, 0) is 66.7 Å². The first-order valence-electron chi connectivity index (χ1n) is 12.6. The number of carboxylic acid groups (broad SMARTS) is 1. The van der Waals surface area contributed by atoms with Crippen LogP contribution < -0.4 is 11.2 Å². The second-order valence-corrected chi connectivity index (χ2v) is 13.5. The molecule has 0 atom stereocenters. The van der Waals surface area contributed by atoms with Crippen molar-refractivity contribution >= 4 is 70.6 Å². The van der Waals surface area contributed by atoms with E-state index in [9.17, 15) is 53.9 Å². The van der Waals surface area contributed by atoms with E-state index in [4.69, 9.17) is 5.73 Å². The molecular formula is C26H21N7O12S3. The van der Waals surface area contributed by atoms with E-state index in [1.54, 1.807) is 24.3 Å². The lowest BCUT2D eigenvalue weighted by molar-refractivity contribution is 0.0697. The van der Waals surface area contributed by atoms with E-state index in [1.807, 2.05) is 0 Å². The number of hydrazone groups is 1. The molecule has 8 N–H and O–H groups in total. The first-order chi connectivity index (χ1) is 22.3. The molecule has 0 radical (unpaired) electrons. The highest BCUT2D eigenvalue weighted by Gasteiger charge is 2.24. The summed E-state index contributed by atoms with van der Waals surface area (Å²) < 4.78 is 98.8. The topological polar surface area (TPSA) is 320 Å². The Labute approximate surface area is 271 Å². The van der Waals surface area contributed by atoms with Crippen LogP contribution in [-0.2, 0) is 30.4 Å². The number of hydrogen-bond acceptors (Lipinski definition) is 14. The van der Waals surface area contributed by atoms with Crippen LogP contribution in [0.3, 0.4) is 0 Å². The SMILES string of the molecule is Nc1ccc(N=Nc2cccc(/C(N=Nc3cc(S(=O)(=O)O)ccc3C(=O)O)=N/Nc3cc(S(=O)(=O)O)cc(S(=O)(=O)O)c3O)c2)cc1. The predicted octanol–water partition coefficient (Wildman–Crippen LogP) is 4.39. The lowest BCUT2D eigenvalue weighted by atomic mass is 10.2. The second-order valence-electron chi connectivity index (χ2n) is 9.32. The Morgan fingerprint density at radius 3 is 1.96 bits per heavy atom. The van der Waals surface area contributed by atoms with Crippen molar-refractivity contribution in [3.8, 4) is 5.75 Å². The Morgan fingerprint density at radius 1 is 0.708 bits per heavy atom. The van der Waals surface area contributed by atoms with Gasteiger partial charge >= 0.3 is 5.97 Å². The van der Waals surface area contributed by atoms with Crippen molar-refractivity contribution in [2.24, 2.45) is 25.6 Å². The van der Waals surface area contributed by atoms with Crippen LogP contribution in [0, 0.1) is 0 Å². The van der Waals surface area contributed by atoms with Gasteiger partial charge in [0.05, 0.1) is 26.7 Å². The number of azo groups is 2. The molecule has 0 fully saturated rings. The van der Waals surface area contributed by atoms with E-state index >= 15 is 0 Å². The number of benzene rings is 4. The highest BCUT2D eigenvalue weighted by Crippen LogP contribution is 2.35. The van der Waals surface area contributed by atoms with Crippen LogP contribution in [0.4, 0.5) is 28.4 Å². The van der Waals surface area contributed by atoms with Gasteiger partial charge in [0, 0.05) is 11.3 Å². The van der Waals surface area contributed by atoms with Gasteiger partial charge in [-0.15, -0.1) is 10.2 Å². The standard InChI is InChI=1S/C26H21N7O12S3/c27-15-4-6-16(7-5-15)28-29-17-3-1-2-14(10-17)25(32-30-21-11-18(46(37,38)39)8-9-20(21)26(35)36)33-31-22-12-19(47(40,41)42)13-23(24(22)34)48(43,44)45/h1-13,31,34H,27H2,(H,35,36)(H,37,38,39)(H,40,41,42)(H,43,44,45)/b29-28?,32-30?,33-25-. The molecule has 19 nitrogen and oxygen atoms in total. The number of aromatic hydroxyl groups is 1. The van der Waals surface area contributed by atoms with Gasteiger partial charge in [-0.1, -0.05) is 12.1 Å². The third kappa shape index (κ3) is 8.78. The zero-order valence-corrected chi connectivity index (χ0v) is 26.1. The van der Waals surface area contributed by atoms with Gasteiger partial charge in [0.1, 0.15) is 16.3 Å². The molecule has 48 heavy (non-hydrogen) atoms. The molecule has 0 spiro atoms.